The van der Waals surface area contributed by atoms with Crippen LogP contribution >= 0.6 is 31.9 Å². The Labute approximate surface area is 128 Å². The Kier molecular flexibility index (Phi) is 4.43. The zero-order valence-electron chi connectivity index (χ0n) is 10.6. The van der Waals surface area contributed by atoms with E-state index < -0.39 is 0 Å². The third kappa shape index (κ3) is 2.90. The normalized spacial score (nSPS) is 13.0. The summed E-state index contributed by atoms with van der Waals surface area (Å²) in [7, 11) is 0. The van der Waals surface area contributed by atoms with Crippen LogP contribution < -0.4 is 5.73 Å². The third-order valence-electron chi connectivity index (χ3n) is 2.87. The van der Waals surface area contributed by atoms with Gasteiger partial charge in [0.1, 0.15) is 5.82 Å². The van der Waals surface area contributed by atoms with E-state index in [-0.39, 0.29) is 17.9 Å². The van der Waals surface area contributed by atoms with Gasteiger partial charge in [-0.15, -0.1) is 0 Å². The zero-order valence-corrected chi connectivity index (χ0v) is 13.7. The van der Waals surface area contributed by atoms with E-state index in [1.165, 1.54) is 6.07 Å². The molecule has 0 radical (unpaired) electrons. The summed E-state index contributed by atoms with van der Waals surface area (Å²) >= 11 is 6.65. The maximum absolute atomic E-state index is 13.3. The number of benzene rings is 1. The first-order chi connectivity index (χ1) is 8.91. The molecule has 0 spiro atoms. The molecule has 2 N–H and O–H groups in total. The van der Waals surface area contributed by atoms with Crippen molar-refractivity contribution in [1.82, 2.24) is 9.78 Å². The smallest absolute Gasteiger partial charge is 0.137 e. The van der Waals surface area contributed by atoms with Crippen molar-refractivity contribution in [1.29, 1.82) is 0 Å². The highest BCUT2D eigenvalue weighted by atomic mass is 79.9. The second-order valence-corrected chi connectivity index (χ2v) is 6.28. The van der Waals surface area contributed by atoms with Crippen LogP contribution in [0.1, 0.15) is 37.2 Å². The van der Waals surface area contributed by atoms with Crippen LogP contribution in [0.25, 0.3) is 0 Å². The molecule has 1 unspecified atom stereocenters. The molecule has 0 aliphatic heterocycles. The molecule has 1 aromatic carbocycles. The average molecular weight is 391 g/mol. The highest BCUT2D eigenvalue weighted by Gasteiger charge is 2.20. The SMILES string of the molecule is CC(C)n1ncc(Br)c1C(N)c1ccc(F)c(Br)c1. The van der Waals surface area contributed by atoms with Crippen LogP contribution in [0.4, 0.5) is 4.39 Å². The summed E-state index contributed by atoms with van der Waals surface area (Å²) < 4.78 is 16.4. The van der Waals surface area contributed by atoms with Crippen molar-refractivity contribution in [3.05, 3.63) is 50.4 Å². The van der Waals surface area contributed by atoms with Gasteiger partial charge in [0.2, 0.25) is 0 Å². The van der Waals surface area contributed by atoms with E-state index in [2.05, 4.69) is 37.0 Å². The van der Waals surface area contributed by atoms with Crippen molar-refractivity contribution in [2.75, 3.05) is 0 Å². The molecular weight excluding hydrogens is 377 g/mol. The molecule has 0 saturated carbocycles. The minimum absolute atomic E-state index is 0.205. The van der Waals surface area contributed by atoms with Gasteiger partial charge in [-0.25, -0.2) is 4.39 Å². The Morgan fingerprint density at radius 2 is 1.95 bits per heavy atom. The summed E-state index contributed by atoms with van der Waals surface area (Å²) in [5, 5.41) is 4.31. The fourth-order valence-electron chi connectivity index (χ4n) is 1.92. The molecule has 0 fully saturated rings. The summed E-state index contributed by atoms with van der Waals surface area (Å²) in [4.78, 5) is 0. The lowest BCUT2D eigenvalue weighted by atomic mass is 10.0. The van der Waals surface area contributed by atoms with E-state index in [9.17, 15) is 4.39 Å². The van der Waals surface area contributed by atoms with Crippen molar-refractivity contribution in [2.45, 2.75) is 25.9 Å². The molecule has 2 rings (SSSR count). The number of nitrogens with two attached hydrogens (primary N) is 1. The molecule has 1 atom stereocenters. The summed E-state index contributed by atoms with van der Waals surface area (Å²) in [5.74, 6) is -0.299. The molecule has 0 aliphatic rings. The molecule has 1 aromatic heterocycles. The van der Waals surface area contributed by atoms with Gasteiger partial charge in [-0.2, -0.15) is 5.10 Å². The number of hydrogen-bond donors (Lipinski definition) is 1. The van der Waals surface area contributed by atoms with Crippen LogP contribution in [-0.2, 0) is 0 Å². The second-order valence-electron chi connectivity index (χ2n) is 4.57. The molecule has 2 aromatic rings. The quantitative estimate of drug-likeness (QED) is 0.854. The van der Waals surface area contributed by atoms with E-state index in [0.29, 0.717) is 4.47 Å². The zero-order chi connectivity index (χ0) is 14.2. The monoisotopic (exact) mass is 389 g/mol. The fraction of sp³-hybridized carbons (Fsp3) is 0.308. The van der Waals surface area contributed by atoms with Crippen molar-refractivity contribution in [3.63, 3.8) is 0 Å². The Balaban J connectivity index is 2.46. The van der Waals surface area contributed by atoms with Gasteiger partial charge in [0.05, 0.1) is 26.9 Å². The summed E-state index contributed by atoms with van der Waals surface area (Å²) in [6.45, 7) is 4.08. The maximum atomic E-state index is 13.3. The first-order valence-corrected chi connectivity index (χ1v) is 7.44. The van der Waals surface area contributed by atoms with E-state index >= 15 is 0 Å². The number of nitrogens with zero attached hydrogens (tertiary/aromatic N) is 2. The van der Waals surface area contributed by atoms with E-state index in [1.807, 2.05) is 18.5 Å². The van der Waals surface area contributed by atoms with E-state index in [4.69, 9.17) is 5.73 Å². The molecule has 0 aliphatic carbocycles. The van der Waals surface area contributed by atoms with Crippen LogP contribution in [0.5, 0.6) is 0 Å². The van der Waals surface area contributed by atoms with Crippen molar-refractivity contribution < 1.29 is 4.39 Å². The minimum Gasteiger partial charge on any atom is -0.319 e. The first kappa shape index (κ1) is 14.7. The summed E-state index contributed by atoms with van der Waals surface area (Å²) in [6.07, 6.45) is 1.73. The van der Waals surface area contributed by atoms with Gasteiger partial charge >= 0.3 is 0 Å². The third-order valence-corrected chi connectivity index (χ3v) is 4.09. The van der Waals surface area contributed by atoms with Gasteiger partial charge in [-0.05, 0) is 63.4 Å². The van der Waals surface area contributed by atoms with Gasteiger partial charge in [-0.1, -0.05) is 6.07 Å². The van der Waals surface area contributed by atoms with Gasteiger partial charge in [0.15, 0.2) is 0 Å². The Morgan fingerprint density at radius 3 is 2.53 bits per heavy atom. The van der Waals surface area contributed by atoms with Crippen LogP contribution in [0.2, 0.25) is 0 Å². The molecule has 1 heterocycles. The lowest BCUT2D eigenvalue weighted by Crippen LogP contribution is -2.19. The van der Waals surface area contributed by atoms with Gasteiger partial charge in [0, 0.05) is 6.04 Å². The molecule has 19 heavy (non-hydrogen) atoms. The van der Waals surface area contributed by atoms with Crippen molar-refractivity contribution in [3.8, 4) is 0 Å². The van der Waals surface area contributed by atoms with Gasteiger partial charge < -0.3 is 5.73 Å². The molecule has 0 saturated heterocycles. The topological polar surface area (TPSA) is 43.8 Å². The Morgan fingerprint density at radius 1 is 1.26 bits per heavy atom. The lowest BCUT2D eigenvalue weighted by molar-refractivity contribution is 0.498. The highest BCUT2D eigenvalue weighted by Crippen LogP contribution is 2.30. The molecule has 0 amide bonds. The number of halogens is 3. The predicted molar refractivity (Wildman–Crippen MR) is 80.4 cm³/mol. The van der Waals surface area contributed by atoms with E-state index in [0.717, 1.165) is 15.7 Å². The highest BCUT2D eigenvalue weighted by molar-refractivity contribution is 9.10. The average Bonchev–Trinajstić information content (AvgIpc) is 2.74. The second kappa shape index (κ2) is 5.73. The maximum Gasteiger partial charge on any atom is 0.137 e. The number of rotatable bonds is 3. The Bertz CT molecular complexity index is 596. The predicted octanol–water partition coefficient (Wildman–Crippen LogP) is 4.18. The summed E-state index contributed by atoms with van der Waals surface area (Å²) in [6, 6.07) is 4.63. The molecule has 102 valence electrons. The standard InChI is InChI=1S/C13H14Br2FN3/c1-7(2)19-13(10(15)6-18-19)12(17)8-3-4-11(16)9(14)5-8/h3-7,12H,17H2,1-2H3. The molecule has 0 bridgehead atoms. The molecule has 6 heteroatoms. The first-order valence-electron chi connectivity index (χ1n) is 5.85. The van der Waals surface area contributed by atoms with Crippen LogP contribution in [0.3, 0.4) is 0 Å². The largest absolute Gasteiger partial charge is 0.319 e. The Hall–Kier alpha value is -0.720. The van der Waals surface area contributed by atoms with Crippen molar-refractivity contribution in [2.24, 2.45) is 5.73 Å². The molecule has 3 nitrogen and oxygen atoms in total. The summed E-state index contributed by atoms with van der Waals surface area (Å²) in [5.41, 5.74) is 8.00. The van der Waals surface area contributed by atoms with Crippen molar-refractivity contribution >= 4 is 31.9 Å². The minimum atomic E-state index is -0.365. The fourth-order valence-corrected chi connectivity index (χ4v) is 2.83. The van der Waals surface area contributed by atoms with Gasteiger partial charge in [-0.3, -0.25) is 4.68 Å². The number of hydrogen-bond acceptors (Lipinski definition) is 2. The van der Waals surface area contributed by atoms with E-state index in [1.54, 1.807) is 18.3 Å². The molecular formula is C13H14Br2FN3. The van der Waals surface area contributed by atoms with Crippen LogP contribution in [0, 0.1) is 5.82 Å². The number of aromatic nitrogens is 2. The van der Waals surface area contributed by atoms with Crippen LogP contribution in [-0.4, -0.2) is 9.78 Å². The van der Waals surface area contributed by atoms with Gasteiger partial charge in [0.25, 0.3) is 0 Å². The van der Waals surface area contributed by atoms with Crippen LogP contribution in [0.15, 0.2) is 33.3 Å². The lowest BCUT2D eigenvalue weighted by Gasteiger charge is -2.18.